The Hall–Kier alpha value is -3.43. The minimum atomic E-state index is -4.71. The molecule has 1 amide bonds. The highest BCUT2D eigenvalue weighted by atomic mass is 35.5. The molecule has 47 heavy (non-hydrogen) atoms. The SMILES string of the molecule is COc1ccc(CN(c2ncc(F)s2)S(=O)(=O)c2cc(Cl)c(NC[C@H](CC3(CF)CC3)N(C)C(=O)OC(C)(C)C)cc2F)c(OC)c1. The van der Waals surface area contributed by atoms with Gasteiger partial charge < -0.3 is 24.4 Å². The highest BCUT2D eigenvalue weighted by Crippen LogP contribution is 2.50. The van der Waals surface area contributed by atoms with E-state index in [-0.39, 0.29) is 34.7 Å². The number of ether oxygens (including phenoxy) is 3. The van der Waals surface area contributed by atoms with Gasteiger partial charge in [0, 0.05) is 30.6 Å². The van der Waals surface area contributed by atoms with E-state index in [0.717, 1.165) is 22.6 Å². The standard InChI is InChI=1S/C31H38ClF3N4O6S2/c1-30(2,3)45-29(40)38(4)20(14-31(18-33)9-10-31)15-36-24-13-23(34)26(12-22(24)32)47(41,42)39(28-37-16-27(35)46-28)17-19-7-8-21(43-5)11-25(19)44-6/h7-8,11-13,16,20,36H,9-10,14-15,17-18H2,1-6H3/t20-/m0/s1. The van der Waals surface area contributed by atoms with Crippen molar-refractivity contribution in [1.29, 1.82) is 0 Å². The van der Waals surface area contributed by atoms with E-state index in [4.69, 9.17) is 25.8 Å². The Morgan fingerprint density at radius 1 is 1.17 bits per heavy atom. The molecule has 4 rings (SSSR count). The van der Waals surface area contributed by atoms with Gasteiger partial charge in [0.15, 0.2) is 5.13 Å². The summed E-state index contributed by atoms with van der Waals surface area (Å²) in [5.74, 6) is -0.399. The molecule has 0 bridgehead atoms. The van der Waals surface area contributed by atoms with Gasteiger partial charge in [0.25, 0.3) is 10.0 Å². The highest BCUT2D eigenvalue weighted by molar-refractivity contribution is 7.93. The number of sulfonamides is 1. The third-order valence-corrected chi connectivity index (χ3v) is 10.7. The largest absolute Gasteiger partial charge is 0.497 e. The summed E-state index contributed by atoms with van der Waals surface area (Å²) in [4.78, 5) is 17.3. The van der Waals surface area contributed by atoms with Gasteiger partial charge in [-0.25, -0.2) is 26.9 Å². The molecule has 1 N–H and O–H groups in total. The highest BCUT2D eigenvalue weighted by Gasteiger charge is 2.46. The first-order chi connectivity index (χ1) is 22.0. The van der Waals surface area contributed by atoms with Gasteiger partial charge >= 0.3 is 6.09 Å². The molecule has 1 heterocycles. The Labute approximate surface area is 281 Å². The second kappa shape index (κ2) is 14.4. The summed E-state index contributed by atoms with van der Waals surface area (Å²) in [7, 11) is -0.318. The lowest BCUT2D eigenvalue weighted by molar-refractivity contribution is 0.0203. The van der Waals surface area contributed by atoms with Crippen LogP contribution < -0.4 is 19.1 Å². The maximum atomic E-state index is 15.8. The van der Waals surface area contributed by atoms with Gasteiger partial charge in [-0.1, -0.05) is 22.9 Å². The van der Waals surface area contributed by atoms with Gasteiger partial charge in [-0.15, -0.1) is 0 Å². The number of likely N-dealkylation sites (N-methyl/N-ethyl adjacent to an activating group) is 1. The molecule has 258 valence electrons. The number of nitrogens with zero attached hydrogens (tertiary/aromatic N) is 3. The van der Waals surface area contributed by atoms with E-state index in [1.165, 1.54) is 19.1 Å². The van der Waals surface area contributed by atoms with Crippen LogP contribution >= 0.6 is 22.9 Å². The van der Waals surface area contributed by atoms with Gasteiger partial charge in [0.1, 0.15) is 27.8 Å². The molecule has 0 saturated heterocycles. The molecule has 0 aliphatic heterocycles. The van der Waals surface area contributed by atoms with Crippen molar-refractivity contribution in [2.24, 2.45) is 5.41 Å². The van der Waals surface area contributed by atoms with Crippen LogP contribution in [0, 0.1) is 16.4 Å². The summed E-state index contributed by atoms with van der Waals surface area (Å²) < 4.78 is 88.5. The molecule has 1 aromatic heterocycles. The molecule has 3 aromatic rings. The topological polar surface area (TPSA) is 110 Å². The van der Waals surface area contributed by atoms with Crippen molar-refractivity contribution in [3.05, 3.63) is 58.1 Å². The summed E-state index contributed by atoms with van der Waals surface area (Å²) in [5, 5.41) is 1.87. The third kappa shape index (κ3) is 8.73. The van der Waals surface area contributed by atoms with Gasteiger partial charge in [-0.2, -0.15) is 4.39 Å². The molecular formula is C31H38ClF3N4O6S2. The predicted molar refractivity (Wildman–Crippen MR) is 175 cm³/mol. The number of aromatic nitrogens is 1. The van der Waals surface area contributed by atoms with Crippen LogP contribution in [0.5, 0.6) is 11.5 Å². The molecule has 2 aromatic carbocycles. The second-order valence-electron chi connectivity index (χ2n) is 12.4. The number of alkyl halides is 1. The molecule has 0 spiro atoms. The number of carbonyl (C=O) groups excluding carboxylic acids is 1. The molecule has 16 heteroatoms. The monoisotopic (exact) mass is 718 g/mol. The zero-order valence-electron chi connectivity index (χ0n) is 26.9. The number of carbonyl (C=O) groups is 1. The molecule has 0 unspecified atom stereocenters. The van der Waals surface area contributed by atoms with Crippen LogP contribution in [0.4, 0.5) is 28.8 Å². The number of nitrogens with one attached hydrogen (secondary N) is 1. The smallest absolute Gasteiger partial charge is 0.410 e. The van der Waals surface area contributed by atoms with Crippen molar-refractivity contribution in [2.75, 3.05) is 44.1 Å². The summed E-state index contributed by atoms with van der Waals surface area (Å²) in [6.45, 7) is 4.31. The van der Waals surface area contributed by atoms with E-state index in [9.17, 15) is 22.0 Å². The summed E-state index contributed by atoms with van der Waals surface area (Å²) in [5.41, 5.74) is -0.884. The third-order valence-electron chi connectivity index (χ3n) is 7.74. The minimum absolute atomic E-state index is 0.0462. The van der Waals surface area contributed by atoms with E-state index in [1.807, 2.05) is 0 Å². The van der Waals surface area contributed by atoms with Gasteiger partial charge in [-0.05, 0) is 64.3 Å². The fraction of sp³-hybridized carbons (Fsp3) is 0.484. The number of benzene rings is 2. The number of hydrogen-bond donors (Lipinski definition) is 1. The average Bonchev–Trinajstić information content (AvgIpc) is 3.67. The normalized spacial score (nSPS) is 14.7. The minimum Gasteiger partial charge on any atom is -0.497 e. The first kappa shape index (κ1) is 36.4. The first-order valence-electron chi connectivity index (χ1n) is 14.6. The number of halogens is 4. The maximum absolute atomic E-state index is 15.8. The van der Waals surface area contributed by atoms with Gasteiger partial charge in [0.2, 0.25) is 5.13 Å². The molecule has 10 nitrogen and oxygen atoms in total. The Morgan fingerprint density at radius 3 is 2.43 bits per heavy atom. The number of anilines is 2. The van der Waals surface area contributed by atoms with Gasteiger partial charge in [0.05, 0.1) is 50.4 Å². The molecule has 1 aliphatic carbocycles. The van der Waals surface area contributed by atoms with Crippen LogP contribution in [0.1, 0.15) is 45.6 Å². The number of thiazole rings is 1. The number of methoxy groups -OCH3 is 2. The van der Waals surface area contributed by atoms with Crippen LogP contribution in [0.25, 0.3) is 0 Å². The zero-order valence-corrected chi connectivity index (χ0v) is 29.3. The lowest BCUT2D eigenvalue weighted by Gasteiger charge is -2.33. The van der Waals surface area contributed by atoms with Crippen LogP contribution in [-0.4, -0.2) is 70.5 Å². The Bertz CT molecular complexity index is 1700. The van der Waals surface area contributed by atoms with Crippen molar-refractivity contribution >= 4 is 49.9 Å². The zero-order chi connectivity index (χ0) is 34.7. The molecular weight excluding hydrogens is 681 g/mol. The Balaban J connectivity index is 1.63. The number of rotatable bonds is 14. The van der Waals surface area contributed by atoms with Crippen LogP contribution in [0.3, 0.4) is 0 Å². The molecule has 1 atom stereocenters. The van der Waals surface area contributed by atoms with Crippen LogP contribution in [0.15, 0.2) is 41.4 Å². The van der Waals surface area contributed by atoms with Crippen molar-refractivity contribution in [3.8, 4) is 11.5 Å². The molecule has 1 saturated carbocycles. The maximum Gasteiger partial charge on any atom is 0.410 e. The Kier molecular flexibility index (Phi) is 11.1. The van der Waals surface area contributed by atoms with E-state index in [0.29, 0.717) is 41.9 Å². The van der Waals surface area contributed by atoms with E-state index < -0.39 is 55.7 Å². The lowest BCUT2D eigenvalue weighted by atomic mass is 9.97. The first-order valence-corrected chi connectivity index (χ1v) is 17.3. The van der Waals surface area contributed by atoms with Crippen LogP contribution in [-0.2, 0) is 21.3 Å². The van der Waals surface area contributed by atoms with Crippen molar-refractivity contribution in [3.63, 3.8) is 0 Å². The lowest BCUT2D eigenvalue weighted by Crippen LogP contribution is -2.45. The van der Waals surface area contributed by atoms with Crippen molar-refractivity contribution < 1.29 is 40.6 Å². The quantitative estimate of drug-likeness (QED) is 0.185. The predicted octanol–water partition coefficient (Wildman–Crippen LogP) is 7.27. The van der Waals surface area contributed by atoms with Crippen LogP contribution in [0.2, 0.25) is 5.02 Å². The summed E-state index contributed by atoms with van der Waals surface area (Å²) in [6.07, 6.45) is 1.93. The van der Waals surface area contributed by atoms with E-state index in [2.05, 4.69) is 10.3 Å². The molecule has 0 radical (unpaired) electrons. The summed E-state index contributed by atoms with van der Waals surface area (Å²) in [6, 6.07) is 6.03. The fourth-order valence-electron chi connectivity index (χ4n) is 4.86. The fourth-order valence-corrected chi connectivity index (χ4v) is 7.48. The molecule has 1 aliphatic rings. The van der Waals surface area contributed by atoms with E-state index in [1.54, 1.807) is 46.0 Å². The van der Waals surface area contributed by atoms with Crippen molar-refractivity contribution in [1.82, 2.24) is 9.88 Å². The van der Waals surface area contributed by atoms with Gasteiger partial charge in [-0.3, -0.25) is 4.39 Å². The Morgan fingerprint density at radius 2 is 1.87 bits per heavy atom. The second-order valence-corrected chi connectivity index (χ2v) is 15.6. The van der Waals surface area contributed by atoms with Crippen molar-refractivity contribution in [2.45, 2.75) is 63.1 Å². The average molecular weight is 719 g/mol. The number of amides is 1. The van der Waals surface area contributed by atoms with E-state index >= 15 is 4.39 Å². The molecule has 1 fully saturated rings. The number of hydrogen-bond acceptors (Lipinski definition) is 9. The summed E-state index contributed by atoms with van der Waals surface area (Å²) >= 11 is 6.97.